The number of hydrogen-bond acceptors (Lipinski definition) is 6. The summed E-state index contributed by atoms with van der Waals surface area (Å²) >= 11 is 0. The van der Waals surface area contributed by atoms with Crippen LogP contribution < -0.4 is 0 Å². The summed E-state index contributed by atoms with van der Waals surface area (Å²) in [5, 5.41) is 0. The molecule has 67 heavy (non-hydrogen) atoms. The van der Waals surface area contributed by atoms with Gasteiger partial charge in [-0.2, -0.15) is 0 Å². The van der Waals surface area contributed by atoms with Gasteiger partial charge in [0.1, 0.15) is 13.2 Å². The fourth-order valence-electron chi connectivity index (χ4n) is 8.18. The zero-order valence-corrected chi connectivity index (χ0v) is 44.4. The van der Waals surface area contributed by atoms with E-state index in [9.17, 15) is 14.4 Å². The molecule has 0 saturated heterocycles. The van der Waals surface area contributed by atoms with E-state index in [-0.39, 0.29) is 31.1 Å². The van der Waals surface area contributed by atoms with Gasteiger partial charge < -0.3 is 14.2 Å². The Kier molecular flexibility index (Phi) is 53.3. The fraction of sp³-hybridized carbons (Fsp3) is 0.787. The van der Waals surface area contributed by atoms with Crippen molar-refractivity contribution in [1.29, 1.82) is 0 Å². The predicted octanol–water partition coefficient (Wildman–Crippen LogP) is 19.2. The van der Waals surface area contributed by atoms with E-state index >= 15 is 0 Å². The minimum absolute atomic E-state index is 0.0737. The molecule has 0 aliphatic rings. The van der Waals surface area contributed by atoms with Gasteiger partial charge in [-0.3, -0.25) is 14.4 Å². The molecule has 0 aromatic carbocycles. The highest BCUT2D eigenvalue weighted by Gasteiger charge is 2.19. The van der Waals surface area contributed by atoms with Gasteiger partial charge in [0.2, 0.25) is 0 Å². The lowest BCUT2D eigenvalue weighted by Crippen LogP contribution is -2.30. The van der Waals surface area contributed by atoms with Crippen molar-refractivity contribution in [2.75, 3.05) is 13.2 Å². The maximum atomic E-state index is 12.7. The summed E-state index contributed by atoms with van der Waals surface area (Å²) in [6.45, 7) is 6.45. The van der Waals surface area contributed by atoms with Crippen molar-refractivity contribution < 1.29 is 28.6 Å². The van der Waals surface area contributed by atoms with Gasteiger partial charge in [0.25, 0.3) is 0 Å². The van der Waals surface area contributed by atoms with Crippen molar-refractivity contribution in [2.24, 2.45) is 0 Å². The fourth-order valence-corrected chi connectivity index (χ4v) is 8.18. The molecule has 6 heteroatoms. The maximum Gasteiger partial charge on any atom is 0.306 e. The lowest BCUT2D eigenvalue weighted by molar-refractivity contribution is -0.167. The molecule has 0 heterocycles. The molecule has 0 radical (unpaired) electrons. The SMILES string of the molecule is CC/C=C\C/C=C\C/C=C\C/C=C\CCCCCCCCCCCCCCCCCCCCC(=O)OCC(COC(=O)CCCCCCCCC)OC(=O)CCCCCCC/C=C\CCCC. The summed E-state index contributed by atoms with van der Waals surface area (Å²) in [7, 11) is 0. The lowest BCUT2D eigenvalue weighted by Gasteiger charge is -2.18. The summed E-state index contributed by atoms with van der Waals surface area (Å²) in [6, 6.07) is 0. The second kappa shape index (κ2) is 55.7. The molecule has 0 aromatic rings. The van der Waals surface area contributed by atoms with E-state index in [1.807, 2.05) is 0 Å². The van der Waals surface area contributed by atoms with E-state index in [1.54, 1.807) is 0 Å². The van der Waals surface area contributed by atoms with Crippen molar-refractivity contribution >= 4 is 17.9 Å². The van der Waals surface area contributed by atoms with Crippen LogP contribution in [0.4, 0.5) is 0 Å². The zero-order valence-electron chi connectivity index (χ0n) is 44.4. The van der Waals surface area contributed by atoms with Gasteiger partial charge in [0, 0.05) is 19.3 Å². The number of esters is 3. The molecule has 0 aliphatic heterocycles. The van der Waals surface area contributed by atoms with E-state index in [1.165, 1.54) is 154 Å². The molecular formula is C61H108O6. The van der Waals surface area contributed by atoms with Crippen molar-refractivity contribution in [2.45, 2.75) is 297 Å². The quantitative estimate of drug-likeness (QED) is 0.0262. The molecule has 0 N–H and O–H groups in total. The average molecular weight is 938 g/mol. The second-order valence-corrected chi connectivity index (χ2v) is 19.2. The molecule has 0 fully saturated rings. The van der Waals surface area contributed by atoms with E-state index in [2.05, 4.69) is 81.5 Å². The minimum Gasteiger partial charge on any atom is -0.462 e. The zero-order chi connectivity index (χ0) is 48.6. The number of carbonyl (C=O) groups is 3. The van der Waals surface area contributed by atoms with E-state index in [0.717, 1.165) is 96.3 Å². The van der Waals surface area contributed by atoms with Crippen molar-refractivity contribution in [1.82, 2.24) is 0 Å². The third kappa shape index (κ3) is 53.9. The average Bonchev–Trinajstić information content (AvgIpc) is 3.33. The third-order valence-electron chi connectivity index (χ3n) is 12.5. The van der Waals surface area contributed by atoms with Crippen LogP contribution in [-0.2, 0) is 28.6 Å². The molecular weight excluding hydrogens is 829 g/mol. The maximum absolute atomic E-state index is 12.7. The molecule has 0 aliphatic carbocycles. The summed E-state index contributed by atoms with van der Waals surface area (Å²) in [5.74, 6) is -0.881. The molecule has 388 valence electrons. The Morgan fingerprint density at radius 1 is 0.313 bits per heavy atom. The van der Waals surface area contributed by atoms with E-state index < -0.39 is 6.10 Å². The van der Waals surface area contributed by atoms with Gasteiger partial charge in [0.15, 0.2) is 6.10 Å². The van der Waals surface area contributed by atoms with Crippen LogP contribution in [0, 0.1) is 0 Å². The minimum atomic E-state index is -0.771. The largest absolute Gasteiger partial charge is 0.462 e. The lowest BCUT2D eigenvalue weighted by atomic mass is 10.0. The molecule has 0 spiro atoms. The van der Waals surface area contributed by atoms with Crippen LogP contribution in [0.25, 0.3) is 0 Å². The Balaban J connectivity index is 3.96. The second-order valence-electron chi connectivity index (χ2n) is 19.2. The number of allylic oxidation sites excluding steroid dienone is 10. The number of carbonyl (C=O) groups excluding carboxylic acids is 3. The Hall–Kier alpha value is -2.89. The molecule has 0 amide bonds. The Bertz CT molecular complexity index is 1210. The standard InChI is InChI=1S/C61H108O6/c1-4-7-10-13-16-18-20-21-22-23-24-25-26-27-28-29-30-31-32-33-34-35-36-37-38-39-41-42-45-48-51-54-60(63)66-57-58(56-65-59(62)53-50-47-44-15-12-9-6-3)67-61(64)55-52-49-46-43-40-19-17-14-11-8-5-2/h7,10,14,16-18,21-22,24-25,58H,4-6,8-9,11-13,15,19-20,23,26-57H2,1-3H3/b10-7-,17-14-,18-16-,22-21-,25-24-. The highest BCUT2D eigenvalue weighted by atomic mass is 16.6. The molecule has 0 rings (SSSR count). The highest BCUT2D eigenvalue weighted by Crippen LogP contribution is 2.16. The van der Waals surface area contributed by atoms with Gasteiger partial charge in [-0.1, -0.05) is 255 Å². The third-order valence-corrected chi connectivity index (χ3v) is 12.5. The van der Waals surface area contributed by atoms with Gasteiger partial charge in [-0.25, -0.2) is 0 Å². The van der Waals surface area contributed by atoms with Crippen LogP contribution in [0.15, 0.2) is 60.8 Å². The van der Waals surface area contributed by atoms with Crippen molar-refractivity contribution in [3.8, 4) is 0 Å². The van der Waals surface area contributed by atoms with Crippen LogP contribution >= 0.6 is 0 Å². The number of hydrogen-bond donors (Lipinski definition) is 0. The predicted molar refractivity (Wildman–Crippen MR) is 288 cm³/mol. The summed E-state index contributed by atoms with van der Waals surface area (Å²) in [5.41, 5.74) is 0. The normalized spacial score (nSPS) is 12.5. The van der Waals surface area contributed by atoms with Crippen LogP contribution in [0.5, 0.6) is 0 Å². The Morgan fingerprint density at radius 3 is 0.970 bits per heavy atom. The van der Waals surface area contributed by atoms with Gasteiger partial charge in [-0.05, 0) is 77.0 Å². The Labute approximate surface area is 415 Å². The number of ether oxygens (including phenoxy) is 3. The summed E-state index contributed by atoms with van der Waals surface area (Å²) < 4.78 is 16.7. The van der Waals surface area contributed by atoms with Crippen LogP contribution in [-0.4, -0.2) is 37.2 Å². The summed E-state index contributed by atoms with van der Waals surface area (Å²) in [6.07, 6.45) is 69.7. The first kappa shape index (κ1) is 64.1. The molecule has 0 saturated carbocycles. The van der Waals surface area contributed by atoms with Gasteiger partial charge >= 0.3 is 17.9 Å². The van der Waals surface area contributed by atoms with E-state index in [0.29, 0.717) is 19.3 Å². The first-order valence-electron chi connectivity index (χ1n) is 28.8. The molecule has 0 bridgehead atoms. The highest BCUT2D eigenvalue weighted by molar-refractivity contribution is 5.71. The van der Waals surface area contributed by atoms with Crippen molar-refractivity contribution in [3.05, 3.63) is 60.8 Å². The van der Waals surface area contributed by atoms with Crippen LogP contribution in [0.1, 0.15) is 290 Å². The van der Waals surface area contributed by atoms with Crippen LogP contribution in [0.2, 0.25) is 0 Å². The van der Waals surface area contributed by atoms with Crippen LogP contribution in [0.3, 0.4) is 0 Å². The monoisotopic (exact) mass is 937 g/mol. The number of unbranched alkanes of at least 4 members (excludes halogenated alkanes) is 31. The summed E-state index contributed by atoms with van der Waals surface area (Å²) in [4.78, 5) is 37.8. The van der Waals surface area contributed by atoms with Crippen molar-refractivity contribution in [3.63, 3.8) is 0 Å². The number of rotatable bonds is 52. The first-order chi connectivity index (χ1) is 33.0. The topological polar surface area (TPSA) is 78.9 Å². The molecule has 1 unspecified atom stereocenters. The molecule has 6 nitrogen and oxygen atoms in total. The smallest absolute Gasteiger partial charge is 0.306 e. The Morgan fingerprint density at radius 2 is 0.597 bits per heavy atom. The molecule has 0 aromatic heterocycles. The first-order valence-corrected chi connectivity index (χ1v) is 28.8. The van der Waals surface area contributed by atoms with Gasteiger partial charge in [-0.15, -0.1) is 0 Å². The molecule has 1 atom stereocenters. The van der Waals surface area contributed by atoms with Gasteiger partial charge in [0.05, 0.1) is 0 Å². The van der Waals surface area contributed by atoms with E-state index in [4.69, 9.17) is 14.2 Å².